The third-order valence-electron chi connectivity index (χ3n) is 2.73. The molecule has 0 bridgehead atoms. The second kappa shape index (κ2) is 5.92. The van der Waals surface area contributed by atoms with E-state index in [0.29, 0.717) is 17.0 Å². The minimum Gasteiger partial charge on any atom is -0.857 e. The standard InChI is InChI=1S/C14H10N4O4/c19-13-9-18(17-22-13)11-4-1-3-10(7-11)14(20)16-15-8-12-5-2-6-21-12/h1-9H,(H-,16,17,19,20)/b15-8+. The van der Waals surface area contributed by atoms with Gasteiger partial charge in [0.15, 0.2) is 0 Å². The Balaban J connectivity index is 1.83. The molecule has 0 spiro atoms. The van der Waals surface area contributed by atoms with Crippen LogP contribution in [0, 0.1) is 0 Å². The number of nitrogens with one attached hydrogen (secondary N) is 1. The van der Waals surface area contributed by atoms with Gasteiger partial charge < -0.3 is 9.52 Å². The van der Waals surface area contributed by atoms with E-state index in [2.05, 4.69) is 20.0 Å². The summed E-state index contributed by atoms with van der Waals surface area (Å²) in [7, 11) is 0. The van der Waals surface area contributed by atoms with E-state index in [4.69, 9.17) is 4.42 Å². The van der Waals surface area contributed by atoms with Crippen molar-refractivity contribution in [3.8, 4) is 5.69 Å². The summed E-state index contributed by atoms with van der Waals surface area (Å²) in [5, 5.41) is 21.6. The first kappa shape index (κ1) is 13.6. The van der Waals surface area contributed by atoms with Crippen LogP contribution in [0.25, 0.3) is 5.69 Å². The van der Waals surface area contributed by atoms with Crippen LogP contribution in [0.4, 0.5) is 0 Å². The average molecular weight is 298 g/mol. The second-order valence-electron chi connectivity index (χ2n) is 4.23. The van der Waals surface area contributed by atoms with E-state index in [0.717, 1.165) is 0 Å². The highest BCUT2D eigenvalue weighted by Gasteiger charge is 2.10. The molecule has 22 heavy (non-hydrogen) atoms. The number of aromatic amines is 1. The van der Waals surface area contributed by atoms with Crippen molar-refractivity contribution in [3.05, 3.63) is 70.6 Å². The Hall–Kier alpha value is -3.42. The molecule has 0 aliphatic heterocycles. The van der Waals surface area contributed by atoms with Gasteiger partial charge in [-0.1, -0.05) is 12.1 Å². The molecule has 8 nitrogen and oxygen atoms in total. The van der Waals surface area contributed by atoms with Gasteiger partial charge in [-0.3, -0.25) is 4.52 Å². The van der Waals surface area contributed by atoms with Gasteiger partial charge in [0.1, 0.15) is 5.76 Å². The highest BCUT2D eigenvalue weighted by molar-refractivity contribution is 5.91. The molecule has 0 aliphatic carbocycles. The lowest BCUT2D eigenvalue weighted by Gasteiger charge is -2.07. The molecular formula is C14H10N4O4. The maximum Gasteiger partial charge on any atom is 0.427 e. The summed E-state index contributed by atoms with van der Waals surface area (Å²) in [4.78, 5) is 11.0. The molecule has 0 saturated carbocycles. The van der Waals surface area contributed by atoms with Crippen LogP contribution in [0.5, 0.6) is 0 Å². The molecular weight excluding hydrogens is 288 g/mol. The summed E-state index contributed by atoms with van der Waals surface area (Å²) in [5.74, 6) is -0.0204. The number of hydrogen-bond donors (Lipinski definition) is 1. The molecule has 110 valence electrons. The van der Waals surface area contributed by atoms with Crippen LogP contribution < -0.4 is 15.4 Å². The summed E-state index contributed by atoms with van der Waals surface area (Å²) in [6, 6.07) is 9.91. The van der Waals surface area contributed by atoms with Gasteiger partial charge in [-0.15, -0.1) is 0 Å². The molecule has 0 amide bonds. The predicted octanol–water partition coefficient (Wildman–Crippen LogP) is -0.0214. The third-order valence-corrected chi connectivity index (χ3v) is 2.73. The molecule has 0 atom stereocenters. The monoisotopic (exact) mass is 298 g/mol. The minimum atomic E-state index is -0.524. The SMILES string of the molecule is O=c1c[n+](-c2cccc(/C([O-])=N/N=C/c3ccco3)c2)[nH]o1. The predicted molar refractivity (Wildman–Crippen MR) is 73.7 cm³/mol. The van der Waals surface area contributed by atoms with E-state index < -0.39 is 11.5 Å². The molecule has 1 N–H and O–H groups in total. The van der Waals surface area contributed by atoms with Crippen molar-refractivity contribution in [1.29, 1.82) is 0 Å². The van der Waals surface area contributed by atoms with Gasteiger partial charge in [-0.05, 0) is 27.6 Å². The fraction of sp³-hybridized carbons (Fsp3) is 0. The Bertz CT molecular complexity index is 874. The van der Waals surface area contributed by atoms with Crippen molar-refractivity contribution in [1.82, 2.24) is 5.27 Å². The van der Waals surface area contributed by atoms with Crippen LogP contribution in [-0.2, 0) is 0 Å². The maximum absolute atomic E-state index is 11.9. The van der Waals surface area contributed by atoms with Crippen molar-refractivity contribution in [2.45, 2.75) is 0 Å². The summed E-state index contributed by atoms with van der Waals surface area (Å²) in [6.07, 6.45) is 4.05. The molecule has 1 aromatic carbocycles. The van der Waals surface area contributed by atoms with E-state index in [1.54, 1.807) is 36.4 Å². The molecule has 0 fully saturated rings. The molecule has 0 saturated heterocycles. The van der Waals surface area contributed by atoms with Crippen LogP contribution >= 0.6 is 0 Å². The molecule has 0 unspecified atom stereocenters. The Morgan fingerprint density at radius 1 is 1.32 bits per heavy atom. The third kappa shape index (κ3) is 3.01. The van der Waals surface area contributed by atoms with Gasteiger partial charge in [0, 0.05) is 18.0 Å². The van der Waals surface area contributed by atoms with Crippen LogP contribution in [0.2, 0.25) is 0 Å². The minimum absolute atomic E-state index is 0.323. The Kier molecular flexibility index (Phi) is 3.65. The number of furan rings is 1. The number of hydrogen-bond acceptors (Lipinski definition) is 6. The van der Waals surface area contributed by atoms with Gasteiger partial charge in [0.2, 0.25) is 5.69 Å². The van der Waals surface area contributed by atoms with Crippen molar-refractivity contribution in [2.24, 2.45) is 10.2 Å². The molecule has 3 aromatic rings. The lowest BCUT2D eigenvalue weighted by molar-refractivity contribution is -0.670. The van der Waals surface area contributed by atoms with Crippen molar-refractivity contribution in [3.63, 3.8) is 0 Å². The van der Waals surface area contributed by atoms with Gasteiger partial charge in [0.05, 0.1) is 12.5 Å². The van der Waals surface area contributed by atoms with E-state index in [1.165, 1.54) is 23.4 Å². The summed E-state index contributed by atoms with van der Waals surface area (Å²) in [5.41, 5.74) is 0.357. The fourth-order valence-corrected chi connectivity index (χ4v) is 1.73. The maximum atomic E-state index is 11.9. The van der Waals surface area contributed by atoms with Gasteiger partial charge in [-0.25, -0.2) is 4.79 Å². The molecule has 0 radical (unpaired) electrons. The van der Waals surface area contributed by atoms with Gasteiger partial charge in [0.25, 0.3) is 6.20 Å². The quantitative estimate of drug-likeness (QED) is 0.316. The Morgan fingerprint density at radius 2 is 2.23 bits per heavy atom. The van der Waals surface area contributed by atoms with E-state index in [1.807, 2.05) is 0 Å². The zero-order chi connectivity index (χ0) is 15.4. The number of aromatic nitrogens is 2. The Labute approximate surface area is 123 Å². The van der Waals surface area contributed by atoms with E-state index >= 15 is 0 Å². The first-order chi connectivity index (χ1) is 10.7. The normalized spacial score (nSPS) is 12.1. The first-order valence-corrected chi connectivity index (χ1v) is 6.25. The number of benzene rings is 1. The van der Waals surface area contributed by atoms with Crippen LogP contribution in [0.3, 0.4) is 0 Å². The van der Waals surface area contributed by atoms with Gasteiger partial charge in [-0.2, -0.15) is 10.2 Å². The highest BCUT2D eigenvalue weighted by atomic mass is 16.5. The largest absolute Gasteiger partial charge is 0.857 e. The summed E-state index contributed by atoms with van der Waals surface area (Å²) >= 11 is 0. The van der Waals surface area contributed by atoms with Gasteiger partial charge >= 0.3 is 5.63 Å². The van der Waals surface area contributed by atoms with E-state index in [9.17, 15) is 9.90 Å². The number of nitrogens with zero attached hydrogens (tertiary/aromatic N) is 3. The average Bonchev–Trinajstić information content (AvgIpc) is 3.19. The zero-order valence-corrected chi connectivity index (χ0v) is 11.2. The van der Waals surface area contributed by atoms with Crippen LogP contribution in [0.15, 0.2) is 72.8 Å². The summed E-state index contributed by atoms with van der Waals surface area (Å²) in [6.45, 7) is 0. The lowest BCUT2D eigenvalue weighted by atomic mass is 10.2. The van der Waals surface area contributed by atoms with Crippen LogP contribution in [-0.4, -0.2) is 17.4 Å². The Morgan fingerprint density at radius 3 is 2.95 bits per heavy atom. The van der Waals surface area contributed by atoms with E-state index in [-0.39, 0.29) is 0 Å². The molecule has 8 heteroatoms. The van der Waals surface area contributed by atoms with Crippen molar-refractivity contribution >= 4 is 12.1 Å². The zero-order valence-electron chi connectivity index (χ0n) is 11.2. The lowest BCUT2D eigenvalue weighted by Crippen LogP contribution is -2.32. The highest BCUT2D eigenvalue weighted by Crippen LogP contribution is 2.04. The smallest absolute Gasteiger partial charge is 0.427 e. The fourth-order valence-electron chi connectivity index (χ4n) is 1.73. The summed E-state index contributed by atoms with van der Waals surface area (Å²) < 4.78 is 11.0. The first-order valence-electron chi connectivity index (χ1n) is 6.25. The number of H-pyrrole nitrogens is 1. The number of rotatable bonds is 4. The van der Waals surface area contributed by atoms with Crippen LogP contribution in [0.1, 0.15) is 11.3 Å². The molecule has 0 aliphatic rings. The molecule has 2 heterocycles. The molecule has 2 aromatic heterocycles. The second-order valence-corrected chi connectivity index (χ2v) is 4.23. The van der Waals surface area contributed by atoms with Crippen molar-refractivity contribution < 1.29 is 18.7 Å². The van der Waals surface area contributed by atoms with Crippen molar-refractivity contribution in [2.75, 3.05) is 0 Å². The topological polar surface area (TPSA) is 111 Å². The molecule has 3 rings (SSSR count).